The van der Waals surface area contributed by atoms with Crippen molar-refractivity contribution in [1.29, 1.82) is 0 Å². The van der Waals surface area contributed by atoms with Gasteiger partial charge in [-0.1, -0.05) is 6.58 Å². The molecule has 2 aliphatic heterocycles. The zero-order valence-corrected chi connectivity index (χ0v) is 14.9. The first-order valence-electron chi connectivity index (χ1n) is 9.34. The van der Waals surface area contributed by atoms with Gasteiger partial charge in [0.05, 0.1) is 5.39 Å². The molecule has 26 heavy (non-hydrogen) atoms. The van der Waals surface area contributed by atoms with Crippen LogP contribution in [0.4, 0.5) is 5.82 Å². The van der Waals surface area contributed by atoms with Crippen molar-refractivity contribution in [1.82, 2.24) is 19.9 Å². The molecule has 0 aromatic carbocycles. The van der Waals surface area contributed by atoms with Crippen LogP contribution >= 0.6 is 0 Å². The Morgan fingerprint density at radius 2 is 2.19 bits per heavy atom. The molecule has 138 valence electrons. The molecule has 1 atom stereocenters. The summed E-state index contributed by atoms with van der Waals surface area (Å²) in [5.41, 5.74) is 2.13. The van der Waals surface area contributed by atoms with Crippen molar-refractivity contribution in [2.45, 2.75) is 37.6 Å². The van der Waals surface area contributed by atoms with Crippen LogP contribution < -0.4 is 5.32 Å². The Hall–Kier alpha value is -2.41. The second-order valence-corrected chi connectivity index (χ2v) is 7.05. The number of anilines is 1. The average Bonchev–Trinajstić information content (AvgIpc) is 3.13. The van der Waals surface area contributed by atoms with Crippen LogP contribution in [0.5, 0.6) is 0 Å². The number of hydrogen-bond donors (Lipinski definition) is 2. The average molecular weight is 355 g/mol. The van der Waals surface area contributed by atoms with Gasteiger partial charge in [-0.2, -0.15) is 0 Å². The van der Waals surface area contributed by atoms with E-state index < -0.39 is 0 Å². The summed E-state index contributed by atoms with van der Waals surface area (Å²) in [4.78, 5) is 26.0. The third-order valence-corrected chi connectivity index (χ3v) is 5.41. The van der Waals surface area contributed by atoms with Crippen LogP contribution in [0.15, 0.2) is 25.2 Å². The van der Waals surface area contributed by atoms with Crippen molar-refractivity contribution in [3.8, 4) is 0 Å². The maximum atomic E-state index is 11.9. The Balaban J connectivity index is 1.59. The van der Waals surface area contributed by atoms with Gasteiger partial charge in [0.1, 0.15) is 17.8 Å². The van der Waals surface area contributed by atoms with Crippen LogP contribution in [0.25, 0.3) is 11.0 Å². The molecule has 4 heterocycles. The smallest absolute Gasteiger partial charge is 0.246 e. The molecule has 2 fully saturated rings. The summed E-state index contributed by atoms with van der Waals surface area (Å²) < 4.78 is 5.50. The summed E-state index contributed by atoms with van der Waals surface area (Å²) in [5.74, 6) is 1.32. The summed E-state index contributed by atoms with van der Waals surface area (Å²) in [7, 11) is 0. The molecule has 7 nitrogen and oxygen atoms in total. The molecule has 0 saturated carbocycles. The van der Waals surface area contributed by atoms with Gasteiger partial charge >= 0.3 is 0 Å². The van der Waals surface area contributed by atoms with E-state index >= 15 is 0 Å². The second-order valence-electron chi connectivity index (χ2n) is 7.05. The van der Waals surface area contributed by atoms with E-state index in [0.717, 1.165) is 62.3 Å². The number of hydrogen-bond acceptors (Lipinski definition) is 5. The molecule has 1 amide bonds. The van der Waals surface area contributed by atoms with Crippen molar-refractivity contribution in [2.75, 3.05) is 31.6 Å². The molecule has 2 aromatic heterocycles. The monoisotopic (exact) mass is 355 g/mol. The molecule has 0 bridgehead atoms. The number of fused-ring (bicyclic) bond motifs is 1. The number of aromatic nitrogens is 3. The van der Waals surface area contributed by atoms with Gasteiger partial charge < -0.3 is 19.9 Å². The van der Waals surface area contributed by atoms with Crippen molar-refractivity contribution in [3.05, 3.63) is 30.7 Å². The highest BCUT2D eigenvalue weighted by molar-refractivity contribution is 5.91. The van der Waals surface area contributed by atoms with E-state index in [1.165, 1.54) is 11.6 Å². The highest BCUT2D eigenvalue weighted by Gasteiger charge is 2.25. The van der Waals surface area contributed by atoms with Gasteiger partial charge in [-0.25, -0.2) is 9.97 Å². The molecule has 2 aromatic rings. The minimum absolute atomic E-state index is 0.00567. The normalized spacial score (nSPS) is 21.7. The molecule has 4 rings (SSSR count). The Morgan fingerprint density at radius 3 is 3.00 bits per heavy atom. The van der Waals surface area contributed by atoms with E-state index in [2.05, 4.69) is 33.0 Å². The molecule has 0 unspecified atom stereocenters. The van der Waals surface area contributed by atoms with Crippen molar-refractivity contribution in [2.24, 2.45) is 0 Å². The molecular weight excluding hydrogens is 330 g/mol. The number of carbonyl (C=O) groups is 1. The van der Waals surface area contributed by atoms with Crippen molar-refractivity contribution < 1.29 is 9.53 Å². The predicted octanol–water partition coefficient (Wildman–Crippen LogP) is 2.44. The third kappa shape index (κ3) is 3.31. The van der Waals surface area contributed by atoms with Crippen LogP contribution in [-0.2, 0) is 9.53 Å². The minimum atomic E-state index is -0.00567. The number of likely N-dealkylation sites (tertiary alicyclic amines) is 1. The lowest BCUT2D eigenvalue weighted by atomic mass is 9.92. The summed E-state index contributed by atoms with van der Waals surface area (Å²) in [6, 6.07) is 0.184. The summed E-state index contributed by atoms with van der Waals surface area (Å²) in [6.07, 6.45) is 9.08. The Labute approximate surface area is 152 Å². The number of rotatable bonds is 4. The fourth-order valence-electron chi connectivity index (χ4n) is 4.04. The fourth-order valence-corrected chi connectivity index (χ4v) is 4.04. The number of carbonyl (C=O) groups excluding carboxylic acids is 1. The van der Waals surface area contributed by atoms with E-state index in [-0.39, 0.29) is 11.9 Å². The summed E-state index contributed by atoms with van der Waals surface area (Å²) >= 11 is 0. The molecule has 2 saturated heterocycles. The van der Waals surface area contributed by atoms with E-state index in [1.807, 2.05) is 4.90 Å². The highest BCUT2D eigenvalue weighted by Crippen LogP contribution is 2.35. The van der Waals surface area contributed by atoms with E-state index in [0.29, 0.717) is 12.5 Å². The maximum absolute atomic E-state index is 11.9. The van der Waals surface area contributed by atoms with E-state index in [4.69, 9.17) is 4.74 Å². The lowest BCUT2D eigenvalue weighted by molar-refractivity contribution is -0.127. The Kier molecular flexibility index (Phi) is 4.88. The van der Waals surface area contributed by atoms with Gasteiger partial charge in [-0.3, -0.25) is 4.79 Å². The zero-order valence-electron chi connectivity index (χ0n) is 14.9. The lowest BCUT2D eigenvalue weighted by Gasteiger charge is -2.33. The molecule has 0 spiro atoms. The van der Waals surface area contributed by atoms with Crippen LogP contribution in [0.2, 0.25) is 0 Å². The molecule has 0 aliphatic carbocycles. The Bertz CT molecular complexity index is 796. The topological polar surface area (TPSA) is 83.1 Å². The van der Waals surface area contributed by atoms with Crippen LogP contribution in [-0.4, -0.2) is 58.1 Å². The standard InChI is InChI=1S/C19H25N5O2/c1-2-16(25)24-7-3-4-14(11-24)23-19-17-15(13-5-8-26-9-6-13)10-20-18(17)21-12-22-19/h2,10,12-14H,1,3-9,11H2,(H2,20,21,22,23)/t14-/m0/s1. The molecule has 7 heteroatoms. The third-order valence-electron chi connectivity index (χ3n) is 5.41. The number of piperidine rings is 1. The number of ether oxygens (including phenoxy) is 1. The largest absolute Gasteiger partial charge is 0.381 e. The van der Waals surface area contributed by atoms with Gasteiger partial charge in [0.2, 0.25) is 5.91 Å². The quantitative estimate of drug-likeness (QED) is 0.823. The van der Waals surface area contributed by atoms with E-state index in [9.17, 15) is 4.79 Å². The first-order chi connectivity index (χ1) is 12.8. The SMILES string of the molecule is C=CC(=O)N1CCC[C@H](Nc2ncnc3[nH]cc(C4CCOCC4)c23)C1. The van der Waals surface area contributed by atoms with Gasteiger partial charge in [-0.15, -0.1) is 0 Å². The van der Waals surface area contributed by atoms with E-state index in [1.54, 1.807) is 6.33 Å². The number of aromatic amines is 1. The van der Waals surface area contributed by atoms with Crippen LogP contribution in [0.1, 0.15) is 37.2 Å². The van der Waals surface area contributed by atoms with Gasteiger partial charge in [0.25, 0.3) is 0 Å². The lowest BCUT2D eigenvalue weighted by Crippen LogP contribution is -2.44. The highest BCUT2D eigenvalue weighted by atomic mass is 16.5. The summed E-state index contributed by atoms with van der Waals surface area (Å²) in [5, 5.41) is 4.64. The minimum Gasteiger partial charge on any atom is -0.381 e. The number of H-pyrrole nitrogens is 1. The Morgan fingerprint density at radius 1 is 1.35 bits per heavy atom. The maximum Gasteiger partial charge on any atom is 0.246 e. The molecule has 0 radical (unpaired) electrons. The second kappa shape index (κ2) is 7.45. The van der Waals surface area contributed by atoms with Crippen molar-refractivity contribution in [3.63, 3.8) is 0 Å². The first-order valence-corrected chi connectivity index (χ1v) is 9.34. The zero-order chi connectivity index (χ0) is 17.9. The molecular formula is C19H25N5O2. The van der Waals surface area contributed by atoms with Crippen LogP contribution in [0.3, 0.4) is 0 Å². The van der Waals surface area contributed by atoms with Gasteiger partial charge in [0.15, 0.2) is 0 Å². The van der Waals surface area contributed by atoms with Crippen molar-refractivity contribution >= 4 is 22.8 Å². The predicted molar refractivity (Wildman–Crippen MR) is 100 cm³/mol. The first kappa shape index (κ1) is 17.0. The molecule has 2 aliphatic rings. The van der Waals surface area contributed by atoms with Crippen LogP contribution in [0, 0.1) is 0 Å². The molecule has 2 N–H and O–H groups in total. The number of nitrogens with zero attached hydrogens (tertiary/aromatic N) is 3. The van der Waals surface area contributed by atoms with Gasteiger partial charge in [-0.05, 0) is 43.2 Å². The summed E-state index contributed by atoms with van der Waals surface area (Å²) in [6.45, 7) is 6.66. The van der Waals surface area contributed by atoms with Gasteiger partial charge in [0, 0.05) is 38.5 Å². The number of amides is 1. The number of nitrogens with one attached hydrogen (secondary N) is 2. The fraction of sp³-hybridized carbons (Fsp3) is 0.526.